The molecule has 0 radical (unpaired) electrons. The number of urea groups is 2. The number of fused-ring (bicyclic) bond motifs is 1. The van der Waals surface area contributed by atoms with Gasteiger partial charge in [0.05, 0.1) is 8.95 Å². The van der Waals surface area contributed by atoms with Crippen LogP contribution in [0.2, 0.25) is 0 Å². The Hall–Kier alpha value is -4.12. The molecule has 6 amide bonds. The van der Waals surface area contributed by atoms with Crippen LogP contribution in [0.15, 0.2) is 69.9 Å². The van der Waals surface area contributed by atoms with Gasteiger partial charge in [-0.1, -0.05) is 18.2 Å². The quantitative estimate of drug-likeness (QED) is 0.161. The smallest absolute Gasteiger partial charge is 0.322 e. The number of pyridine rings is 1. The number of hydrogen-bond donors (Lipinski definition) is 5. The molecule has 2 saturated heterocycles. The lowest BCUT2D eigenvalue weighted by Crippen LogP contribution is -2.59. The van der Waals surface area contributed by atoms with Crippen molar-refractivity contribution < 1.29 is 24.3 Å². The van der Waals surface area contributed by atoms with Gasteiger partial charge in [0.15, 0.2) is 0 Å². The number of piperazine rings is 1. The molecule has 2 aromatic carbocycles. The lowest BCUT2D eigenvalue weighted by molar-refractivity contribution is -0.137. The van der Waals surface area contributed by atoms with E-state index in [4.69, 9.17) is 5.73 Å². The first-order valence-corrected chi connectivity index (χ1v) is 20.0. The van der Waals surface area contributed by atoms with Gasteiger partial charge in [-0.3, -0.25) is 14.6 Å². The van der Waals surface area contributed by atoms with E-state index in [9.17, 15) is 24.3 Å². The fraction of sp³-hybridized carbons (Fsp3) is 0.447. The van der Waals surface area contributed by atoms with Crippen LogP contribution in [-0.2, 0) is 22.6 Å². The predicted octanol–water partition coefficient (Wildman–Crippen LogP) is 4.83. The first-order valence-electron chi connectivity index (χ1n) is 18.4. The van der Waals surface area contributed by atoms with Crippen molar-refractivity contribution in [3.05, 3.63) is 81.0 Å². The fourth-order valence-corrected chi connectivity index (χ4v) is 8.58. The minimum absolute atomic E-state index is 0. The SMILES string of the molecule is Cl.NCCCC[C@H](NC(=O)[C@@H](Cc1cc(Br)c(O)c(Br)c1)NC(=O)N1CCC(N2Cc3ccccc3NC2=O)CC1)C(=O)N1CCN(c2ccncc2)CC1. The second kappa shape index (κ2) is 19.6. The number of carbonyl (C=O) groups is 4. The van der Waals surface area contributed by atoms with Gasteiger partial charge in [0.25, 0.3) is 0 Å². The maximum absolute atomic E-state index is 14.2. The molecule has 2 fully saturated rings. The minimum atomic E-state index is -1.03. The molecule has 0 aliphatic carbocycles. The normalized spacial score (nSPS) is 17.0. The number of likely N-dealkylation sites (tertiary alicyclic amines) is 1. The van der Waals surface area contributed by atoms with E-state index in [-0.39, 0.29) is 42.6 Å². The Morgan fingerprint density at radius 1 is 0.909 bits per heavy atom. The number of benzene rings is 2. The van der Waals surface area contributed by atoms with Gasteiger partial charge < -0.3 is 46.4 Å². The summed E-state index contributed by atoms with van der Waals surface area (Å²) in [4.78, 5) is 66.5. The molecule has 3 aliphatic heterocycles. The Labute approximate surface area is 344 Å². The molecule has 6 rings (SSSR count). The minimum Gasteiger partial charge on any atom is -0.506 e. The van der Waals surface area contributed by atoms with Gasteiger partial charge in [0.1, 0.15) is 17.8 Å². The predicted molar refractivity (Wildman–Crippen MR) is 220 cm³/mol. The second-order valence-corrected chi connectivity index (χ2v) is 15.6. The Bertz CT molecular complexity index is 1790. The molecule has 1 aromatic heterocycles. The number of nitrogens with zero attached hydrogens (tertiary/aromatic N) is 5. The summed E-state index contributed by atoms with van der Waals surface area (Å²) in [5.41, 5.74) is 9.38. The van der Waals surface area contributed by atoms with Gasteiger partial charge in [0.2, 0.25) is 11.8 Å². The van der Waals surface area contributed by atoms with Crippen LogP contribution in [-0.4, -0.2) is 113 Å². The number of halogens is 3. The number of nitrogens with one attached hydrogen (secondary N) is 3. The summed E-state index contributed by atoms with van der Waals surface area (Å²) in [5.74, 6) is -0.628. The number of amides is 6. The standard InChI is InChI=1S/C38H47Br2N9O5.ClH/c39-29-21-25(22-30(40)34(29)50)23-33(45-37(53)48-15-10-28(11-16-48)49-24-26-5-1-2-6-31(26)44-38(49)54)35(51)43-32(7-3-4-12-41)36(52)47-19-17-46(18-20-47)27-8-13-42-14-9-27;/h1-2,5-6,8-9,13-14,21-22,28,32-33,50H,3-4,7,10-12,15-20,23-24,41H2,(H,43,51)(H,44,54)(H,45,53);1H/t32-,33+;/m0./s1. The first-order chi connectivity index (χ1) is 26.1. The van der Waals surface area contributed by atoms with E-state index < -0.39 is 24.0 Å². The molecule has 3 aromatic rings. The second-order valence-electron chi connectivity index (χ2n) is 13.9. The van der Waals surface area contributed by atoms with E-state index in [0.717, 1.165) is 16.9 Å². The molecule has 2 atom stereocenters. The Kier molecular flexibility index (Phi) is 15.0. The summed E-state index contributed by atoms with van der Waals surface area (Å²) in [6.45, 7) is 4.07. The molecule has 0 spiro atoms. The van der Waals surface area contributed by atoms with E-state index >= 15 is 0 Å². The van der Waals surface area contributed by atoms with Crippen molar-refractivity contribution in [3.63, 3.8) is 0 Å². The number of carbonyl (C=O) groups excluding carboxylic acids is 4. The van der Waals surface area contributed by atoms with Gasteiger partial charge in [-0.15, -0.1) is 12.4 Å². The van der Waals surface area contributed by atoms with Crippen LogP contribution < -0.4 is 26.6 Å². The number of hydrogen-bond acceptors (Lipinski definition) is 8. The Morgan fingerprint density at radius 3 is 2.25 bits per heavy atom. The van der Waals surface area contributed by atoms with Crippen LogP contribution >= 0.6 is 44.3 Å². The number of anilines is 2. The molecule has 4 heterocycles. The van der Waals surface area contributed by atoms with Gasteiger partial charge in [-0.05, 0) is 112 Å². The molecule has 296 valence electrons. The van der Waals surface area contributed by atoms with Crippen LogP contribution in [0.25, 0.3) is 0 Å². The summed E-state index contributed by atoms with van der Waals surface area (Å²) >= 11 is 6.74. The molecule has 6 N–H and O–H groups in total. The number of unbranched alkanes of at least 4 members (excludes halogenated alkanes) is 1. The molecular formula is C38H48Br2ClN9O5. The molecule has 0 saturated carbocycles. The van der Waals surface area contributed by atoms with E-state index in [1.165, 1.54) is 0 Å². The summed E-state index contributed by atoms with van der Waals surface area (Å²) in [5, 5.41) is 19.2. The number of aromatic nitrogens is 1. The van der Waals surface area contributed by atoms with E-state index in [0.29, 0.717) is 99.0 Å². The fourth-order valence-electron chi connectivity index (χ4n) is 7.30. The Morgan fingerprint density at radius 2 is 1.58 bits per heavy atom. The van der Waals surface area contributed by atoms with Gasteiger partial charge in [-0.25, -0.2) is 9.59 Å². The van der Waals surface area contributed by atoms with Crippen molar-refractivity contribution in [2.75, 3.05) is 56.0 Å². The Balaban J connectivity index is 0.00000580. The lowest BCUT2D eigenvalue weighted by Gasteiger charge is -2.40. The van der Waals surface area contributed by atoms with Crippen LogP contribution in [0.3, 0.4) is 0 Å². The maximum Gasteiger partial charge on any atom is 0.322 e. The highest BCUT2D eigenvalue weighted by Gasteiger charge is 2.35. The van der Waals surface area contributed by atoms with Crippen molar-refractivity contribution in [3.8, 4) is 5.75 Å². The average molecular weight is 906 g/mol. The molecule has 0 unspecified atom stereocenters. The van der Waals surface area contributed by atoms with Gasteiger partial charge in [-0.2, -0.15) is 0 Å². The summed E-state index contributed by atoms with van der Waals surface area (Å²) in [6, 6.07) is 12.6. The molecular weight excluding hydrogens is 858 g/mol. The highest BCUT2D eigenvalue weighted by Crippen LogP contribution is 2.34. The van der Waals surface area contributed by atoms with E-state index in [1.54, 1.807) is 34.3 Å². The third-order valence-electron chi connectivity index (χ3n) is 10.4. The van der Waals surface area contributed by atoms with Crippen molar-refractivity contribution in [2.45, 2.75) is 63.2 Å². The number of phenols is 1. The number of rotatable bonds is 12. The molecule has 0 bridgehead atoms. The van der Waals surface area contributed by atoms with Crippen molar-refractivity contribution in [1.29, 1.82) is 0 Å². The molecule has 14 nitrogen and oxygen atoms in total. The number of phenolic OH excluding ortho intramolecular Hbond substituents is 1. The van der Waals surface area contributed by atoms with Crippen LogP contribution in [0, 0.1) is 0 Å². The van der Waals surface area contributed by atoms with Gasteiger partial charge in [0, 0.05) is 82.0 Å². The van der Waals surface area contributed by atoms with Crippen molar-refractivity contribution in [2.24, 2.45) is 5.73 Å². The summed E-state index contributed by atoms with van der Waals surface area (Å²) < 4.78 is 0.870. The zero-order valence-corrected chi connectivity index (χ0v) is 34.5. The van der Waals surface area contributed by atoms with Crippen LogP contribution in [0.1, 0.15) is 43.2 Å². The third kappa shape index (κ3) is 10.6. The maximum atomic E-state index is 14.2. The molecule has 55 heavy (non-hydrogen) atoms. The summed E-state index contributed by atoms with van der Waals surface area (Å²) in [7, 11) is 0. The number of aromatic hydroxyl groups is 1. The van der Waals surface area contributed by atoms with Crippen LogP contribution in [0.5, 0.6) is 5.75 Å². The zero-order chi connectivity index (χ0) is 38.2. The van der Waals surface area contributed by atoms with E-state index in [2.05, 4.69) is 57.7 Å². The summed E-state index contributed by atoms with van der Waals surface area (Å²) in [6.07, 6.45) is 6.53. The largest absolute Gasteiger partial charge is 0.506 e. The molecule has 3 aliphatic rings. The molecule has 17 heteroatoms. The van der Waals surface area contributed by atoms with Crippen LogP contribution in [0.4, 0.5) is 21.0 Å². The van der Waals surface area contributed by atoms with Crippen molar-refractivity contribution in [1.82, 2.24) is 30.3 Å². The third-order valence-corrected chi connectivity index (χ3v) is 11.6. The number of para-hydroxylation sites is 1. The highest BCUT2D eigenvalue weighted by molar-refractivity contribution is 9.11. The van der Waals surface area contributed by atoms with Gasteiger partial charge >= 0.3 is 12.1 Å². The first kappa shape index (κ1) is 42.0. The monoisotopic (exact) mass is 903 g/mol. The zero-order valence-electron chi connectivity index (χ0n) is 30.5. The topological polar surface area (TPSA) is 176 Å². The average Bonchev–Trinajstić information content (AvgIpc) is 3.19. The van der Waals surface area contributed by atoms with Crippen molar-refractivity contribution >= 4 is 79.5 Å². The van der Waals surface area contributed by atoms with E-state index in [1.807, 2.05) is 41.3 Å². The number of piperidine rings is 1. The number of nitrogens with two attached hydrogens (primary N) is 1. The lowest BCUT2D eigenvalue weighted by atomic mass is 10.0. The highest BCUT2D eigenvalue weighted by atomic mass is 79.9.